The van der Waals surface area contributed by atoms with Crippen molar-refractivity contribution in [3.05, 3.63) is 34.3 Å². The molecule has 1 aliphatic heterocycles. The molecule has 0 saturated carbocycles. The molecule has 0 unspecified atom stereocenters. The Bertz CT molecular complexity index is 586. The van der Waals surface area contributed by atoms with E-state index in [0.717, 1.165) is 17.5 Å². The van der Waals surface area contributed by atoms with Crippen LogP contribution in [0.4, 0.5) is 0 Å². The van der Waals surface area contributed by atoms with Crippen molar-refractivity contribution in [2.75, 3.05) is 12.3 Å². The first-order chi connectivity index (χ1) is 10.4. The highest BCUT2D eigenvalue weighted by molar-refractivity contribution is 8.45. The first kappa shape index (κ1) is 17.1. The van der Waals surface area contributed by atoms with E-state index in [1.165, 1.54) is 18.0 Å². The highest BCUT2D eigenvalue weighted by Crippen LogP contribution is 2.47. The number of furan rings is 1. The van der Waals surface area contributed by atoms with Crippen molar-refractivity contribution < 1.29 is 14.1 Å². The molecule has 0 fully saturated rings. The fourth-order valence-electron chi connectivity index (χ4n) is 2.64. The zero-order valence-corrected chi connectivity index (χ0v) is 14.3. The van der Waals surface area contributed by atoms with Crippen molar-refractivity contribution in [1.29, 1.82) is 0 Å². The third-order valence-electron chi connectivity index (χ3n) is 3.68. The second kappa shape index (κ2) is 6.87. The maximum atomic E-state index is 12.7. The summed E-state index contributed by atoms with van der Waals surface area (Å²) in [6.45, 7) is 5.34. The Labute approximate surface area is 137 Å². The van der Waals surface area contributed by atoms with Crippen LogP contribution < -0.4 is 0 Å². The second-order valence-corrected chi connectivity index (χ2v) is 7.74. The van der Waals surface area contributed by atoms with Crippen LogP contribution in [0.1, 0.15) is 32.4 Å². The number of nitro groups is 1. The average Bonchev–Trinajstić information content (AvgIpc) is 3.05. The van der Waals surface area contributed by atoms with Crippen LogP contribution in [0.3, 0.4) is 0 Å². The predicted molar refractivity (Wildman–Crippen MR) is 89.0 cm³/mol. The van der Waals surface area contributed by atoms with Gasteiger partial charge < -0.3 is 4.42 Å². The molecule has 120 valence electrons. The van der Waals surface area contributed by atoms with Crippen molar-refractivity contribution in [3.63, 3.8) is 0 Å². The summed E-state index contributed by atoms with van der Waals surface area (Å²) in [5.41, 5.74) is -1.15. The van der Waals surface area contributed by atoms with Gasteiger partial charge in [-0.2, -0.15) is 0 Å². The van der Waals surface area contributed by atoms with E-state index in [9.17, 15) is 14.9 Å². The van der Waals surface area contributed by atoms with Gasteiger partial charge in [0.1, 0.15) is 21.6 Å². The maximum absolute atomic E-state index is 12.7. The zero-order chi connectivity index (χ0) is 16.3. The van der Waals surface area contributed by atoms with E-state index >= 15 is 0 Å². The number of carbonyl (C=O) groups is 1. The Kier molecular flexibility index (Phi) is 5.33. The van der Waals surface area contributed by atoms with E-state index in [-0.39, 0.29) is 17.6 Å². The fourth-order valence-corrected chi connectivity index (χ4v) is 4.86. The number of hydrogen-bond donors (Lipinski definition) is 0. The molecule has 22 heavy (non-hydrogen) atoms. The van der Waals surface area contributed by atoms with Crippen molar-refractivity contribution in [2.45, 2.75) is 32.2 Å². The highest BCUT2D eigenvalue weighted by atomic mass is 32.2. The van der Waals surface area contributed by atoms with E-state index < -0.39 is 16.4 Å². The van der Waals surface area contributed by atoms with E-state index in [2.05, 4.69) is 4.99 Å². The predicted octanol–water partition coefficient (Wildman–Crippen LogP) is 3.42. The molecule has 1 aromatic heterocycles. The Hall–Kier alpha value is -1.28. The van der Waals surface area contributed by atoms with Gasteiger partial charge >= 0.3 is 0 Å². The molecule has 0 N–H and O–H groups in total. The zero-order valence-electron chi connectivity index (χ0n) is 12.6. The van der Waals surface area contributed by atoms with E-state index in [4.69, 9.17) is 4.42 Å². The third kappa shape index (κ3) is 3.08. The molecule has 0 radical (unpaired) electrons. The number of aliphatic imine (C=N–C) groups is 1. The minimum absolute atomic E-state index is 0.137. The lowest BCUT2D eigenvalue weighted by atomic mass is 9.75. The van der Waals surface area contributed by atoms with Crippen molar-refractivity contribution in [1.82, 2.24) is 0 Å². The van der Waals surface area contributed by atoms with Gasteiger partial charge in [0.05, 0.1) is 6.26 Å². The highest BCUT2D eigenvalue weighted by Gasteiger charge is 2.56. The monoisotopic (exact) mass is 342 g/mol. The topological polar surface area (TPSA) is 85.7 Å². The molecule has 6 nitrogen and oxygen atoms in total. The van der Waals surface area contributed by atoms with Gasteiger partial charge in [-0.1, -0.05) is 32.5 Å². The number of carbonyl (C=O) groups excluding carboxylic acids is 1. The second-order valence-electron chi connectivity index (χ2n) is 5.26. The number of thioether (sulfide) groups is 2. The van der Waals surface area contributed by atoms with Gasteiger partial charge in [0.25, 0.3) is 0 Å². The molecule has 2 atom stereocenters. The molecule has 0 amide bonds. The van der Waals surface area contributed by atoms with Gasteiger partial charge in [0.2, 0.25) is 11.7 Å². The summed E-state index contributed by atoms with van der Waals surface area (Å²) >= 11 is 2.58. The summed E-state index contributed by atoms with van der Waals surface area (Å²) in [4.78, 5) is 28.1. The SMILES string of the molecule is CCSC1=N[C@@](C(C)C)([C@H](C[N+](=O)[O-])c2ccco2)C(=O)S1. The van der Waals surface area contributed by atoms with Gasteiger partial charge in [-0.3, -0.25) is 19.9 Å². The standard InChI is InChI=1S/C14H18N2O4S2/c1-4-21-13-15-14(9(2)3,12(17)22-13)10(8-16(18)19)11-6-5-7-20-11/h5-7,9-10H,4,8H2,1-3H3/t10-,14+/m1/s1. The van der Waals surface area contributed by atoms with Gasteiger partial charge in [0.15, 0.2) is 0 Å². The van der Waals surface area contributed by atoms with Crippen LogP contribution in [-0.4, -0.2) is 32.3 Å². The molecular weight excluding hydrogens is 324 g/mol. The molecule has 0 aromatic carbocycles. The summed E-state index contributed by atoms with van der Waals surface area (Å²) in [6, 6.07) is 3.35. The van der Waals surface area contributed by atoms with Crippen molar-refractivity contribution in [3.8, 4) is 0 Å². The van der Waals surface area contributed by atoms with Gasteiger partial charge in [-0.05, 0) is 35.6 Å². The Morgan fingerprint density at radius 1 is 1.55 bits per heavy atom. The molecule has 0 aliphatic carbocycles. The maximum Gasteiger partial charge on any atom is 0.224 e. The summed E-state index contributed by atoms with van der Waals surface area (Å²) in [7, 11) is 0. The van der Waals surface area contributed by atoms with Crippen molar-refractivity contribution >= 4 is 33.0 Å². The van der Waals surface area contributed by atoms with Gasteiger partial charge in [0, 0.05) is 4.92 Å². The fraction of sp³-hybridized carbons (Fsp3) is 0.571. The Morgan fingerprint density at radius 3 is 2.77 bits per heavy atom. The lowest BCUT2D eigenvalue weighted by molar-refractivity contribution is -0.485. The molecule has 0 saturated heterocycles. The number of rotatable bonds is 6. The molecule has 8 heteroatoms. The van der Waals surface area contributed by atoms with Crippen molar-refractivity contribution in [2.24, 2.45) is 10.9 Å². The van der Waals surface area contributed by atoms with E-state index in [1.807, 2.05) is 20.8 Å². The lowest BCUT2D eigenvalue weighted by Crippen LogP contribution is -2.46. The van der Waals surface area contributed by atoms with Crippen LogP contribution in [0.15, 0.2) is 27.8 Å². The first-order valence-electron chi connectivity index (χ1n) is 7.02. The third-order valence-corrected chi connectivity index (χ3v) is 5.69. The molecule has 1 aromatic rings. The van der Waals surface area contributed by atoms with E-state index in [0.29, 0.717) is 10.1 Å². The number of nitrogens with zero attached hydrogens (tertiary/aromatic N) is 2. The lowest BCUT2D eigenvalue weighted by Gasteiger charge is -2.32. The molecule has 0 spiro atoms. The van der Waals surface area contributed by atoms with Crippen LogP contribution in [0.5, 0.6) is 0 Å². The smallest absolute Gasteiger partial charge is 0.224 e. The summed E-state index contributed by atoms with van der Waals surface area (Å²) < 4.78 is 6.07. The van der Waals surface area contributed by atoms with Crippen LogP contribution >= 0.6 is 23.5 Å². The van der Waals surface area contributed by atoms with Crippen LogP contribution in [0, 0.1) is 16.0 Å². The van der Waals surface area contributed by atoms with Crippen LogP contribution in [-0.2, 0) is 4.79 Å². The van der Waals surface area contributed by atoms with Crippen LogP contribution in [0.2, 0.25) is 0 Å². The summed E-state index contributed by atoms with van der Waals surface area (Å²) in [6.07, 6.45) is 1.47. The minimum Gasteiger partial charge on any atom is -0.469 e. The Balaban J connectivity index is 2.52. The van der Waals surface area contributed by atoms with Crippen LogP contribution in [0.25, 0.3) is 0 Å². The molecule has 1 aliphatic rings. The largest absolute Gasteiger partial charge is 0.469 e. The van der Waals surface area contributed by atoms with E-state index in [1.54, 1.807) is 12.1 Å². The van der Waals surface area contributed by atoms with Gasteiger partial charge in [-0.25, -0.2) is 0 Å². The number of hydrogen-bond acceptors (Lipinski definition) is 7. The average molecular weight is 342 g/mol. The summed E-state index contributed by atoms with van der Waals surface area (Å²) in [5.74, 6) is 0.365. The first-order valence-corrected chi connectivity index (χ1v) is 8.82. The molecular formula is C14H18N2O4S2. The molecule has 2 rings (SSSR count). The molecule has 2 heterocycles. The quantitative estimate of drug-likeness (QED) is 0.581. The normalized spacial score (nSPS) is 22.9. The summed E-state index contributed by atoms with van der Waals surface area (Å²) in [5, 5.41) is 11.0. The molecule has 0 bridgehead atoms. The van der Waals surface area contributed by atoms with Gasteiger partial charge in [-0.15, -0.1) is 0 Å². The Morgan fingerprint density at radius 2 is 2.27 bits per heavy atom. The minimum atomic E-state index is -1.15.